The summed E-state index contributed by atoms with van der Waals surface area (Å²) in [6.45, 7) is 1.94. The van der Waals surface area contributed by atoms with Crippen LogP contribution in [-0.2, 0) is 13.7 Å². The van der Waals surface area contributed by atoms with E-state index in [1.165, 1.54) is 6.33 Å². The Bertz CT molecular complexity index is 1470. The molecular weight excluding hydrogens is 435 g/mol. The molecule has 0 saturated carbocycles. The first-order valence-electron chi connectivity index (χ1n) is 10.5. The molecule has 0 atom stereocenters. The van der Waals surface area contributed by atoms with E-state index in [-0.39, 0.29) is 18.1 Å². The van der Waals surface area contributed by atoms with E-state index in [0.29, 0.717) is 17.4 Å². The third kappa shape index (κ3) is 4.11. The average Bonchev–Trinajstić information content (AvgIpc) is 3.19. The Hall–Kier alpha value is -4.53. The van der Waals surface area contributed by atoms with Crippen LogP contribution < -0.4 is 15.2 Å². The van der Waals surface area contributed by atoms with Gasteiger partial charge in [0.2, 0.25) is 5.82 Å². The van der Waals surface area contributed by atoms with E-state index in [4.69, 9.17) is 15.2 Å². The molecule has 0 radical (unpaired) electrons. The third-order valence-electron chi connectivity index (χ3n) is 5.33. The number of benzene rings is 2. The standard InChI is InChI=1S/C25H21FN6O2/c1-15-28-10-16(11-29-15)13-33-20-4-3-5-21(23(20)26)34-18-8-6-17(7-9-18)19-12-32(2)25-22(19)24(27)30-14-31-25/h3-12,14H,13H2,1-2H3,(H2,27,30,31). The van der Waals surface area contributed by atoms with Gasteiger partial charge in [-0.2, -0.15) is 4.39 Å². The van der Waals surface area contributed by atoms with Gasteiger partial charge in [-0.1, -0.05) is 18.2 Å². The molecule has 3 heterocycles. The molecule has 0 aliphatic rings. The van der Waals surface area contributed by atoms with Gasteiger partial charge in [0.05, 0.1) is 5.39 Å². The van der Waals surface area contributed by atoms with E-state index in [9.17, 15) is 4.39 Å². The van der Waals surface area contributed by atoms with Gasteiger partial charge in [-0.15, -0.1) is 0 Å². The summed E-state index contributed by atoms with van der Waals surface area (Å²) in [5.41, 5.74) is 9.40. The Kier molecular flexibility index (Phi) is 5.51. The summed E-state index contributed by atoms with van der Waals surface area (Å²) < 4.78 is 28.3. The molecule has 0 fully saturated rings. The lowest BCUT2D eigenvalue weighted by Crippen LogP contribution is -2.00. The molecular formula is C25H21FN6O2. The van der Waals surface area contributed by atoms with Gasteiger partial charge < -0.3 is 19.8 Å². The fourth-order valence-electron chi connectivity index (χ4n) is 3.62. The first-order chi connectivity index (χ1) is 16.5. The van der Waals surface area contributed by atoms with Crippen LogP contribution in [0, 0.1) is 12.7 Å². The van der Waals surface area contributed by atoms with Crippen molar-refractivity contribution in [2.75, 3.05) is 5.73 Å². The quantitative estimate of drug-likeness (QED) is 0.391. The minimum atomic E-state index is -0.585. The lowest BCUT2D eigenvalue weighted by atomic mass is 10.1. The van der Waals surface area contributed by atoms with E-state index in [0.717, 1.165) is 27.7 Å². The third-order valence-corrected chi connectivity index (χ3v) is 5.33. The number of aryl methyl sites for hydroxylation is 2. The van der Waals surface area contributed by atoms with E-state index in [1.54, 1.807) is 49.6 Å². The molecule has 2 N–H and O–H groups in total. The van der Waals surface area contributed by atoms with Gasteiger partial charge in [0.15, 0.2) is 11.5 Å². The predicted molar refractivity (Wildman–Crippen MR) is 126 cm³/mol. The SMILES string of the molecule is Cc1ncc(COc2cccc(Oc3ccc(-c4cn(C)c5ncnc(N)c45)cc3)c2F)cn1. The van der Waals surface area contributed by atoms with Crippen LogP contribution in [0.25, 0.3) is 22.2 Å². The van der Waals surface area contributed by atoms with Crippen molar-refractivity contribution in [2.45, 2.75) is 13.5 Å². The van der Waals surface area contributed by atoms with Crippen molar-refractivity contribution < 1.29 is 13.9 Å². The molecule has 34 heavy (non-hydrogen) atoms. The van der Waals surface area contributed by atoms with Gasteiger partial charge in [-0.3, -0.25) is 0 Å². The maximum Gasteiger partial charge on any atom is 0.207 e. The van der Waals surface area contributed by atoms with Crippen LogP contribution in [0.4, 0.5) is 10.2 Å². The topological polar surface area (TPSA) is 101 Å². The van der Waals surface area contributed by atoms with Gasteiger partial charge in [-0.05, 0) is 36.8 Å². The minimum Gasteiger partial charge on any atom is -0.486 e. The van der Waals surface area contributed by atoms with Gasteiger partial charge in [0.25, 0.3) is 0 Å². The van der Waals surface area contributed by atoms with Gasteiger partial charge in [0.1, 0.15) is 36.0 Å². The van der Waals surface area contributed by atoms with Crippen LogP contribution in [0.2, 0.25) is 0 Å². The Labute approximate surface area is 194 Å². The molecule has 0 saturated heterocycles. The molecule has 8 nitrogen and oxygen atoms in total. The summed E-state index contributed by atoms with van der Waals surface area (Å²) in [6.07, 6.45) is 6.69. The highest BCUT2D eigenvalue weighted by atomic mass is 19.1. The molecule has 5 rings (SSSR count). The van der Waals surface area contributed by atoms with E-state index in [2.05, 4.69) is 19.9 Å². The number of nitrogens with two attached hydrogens (primary N) is 1. The minimum absolute atomic E-state index is 0.0632. The fraction of sp³-hybridized carbons (Fsp3) is 0.120. The fourth-order valence-corrected chi connectivity index (χ4v) is 3.62. The van der Waals surface area contributed by atoms with Gasteiger partial charge in [0, 0.05) is 36.8 Å². The summed E-state index contributed by atoms with van der Waals surface area (Å²) in [5, 5.41) is 0.786. The maximum absolute atomic E-state index is 15.0. The van der Waals surface area contributed by atoms with Crippen molar-refractivity contribution in [1.29, 1.82) is 0 Å². The van der Waals surface area contributed by atoms with Crippen molar-refractivity contribution in [3.05, 3.63) is 84.6 Å². The number of aromatic nitrogens is 5. The van der Waals surface area contributed by atoms with Gasteiger partial charge >= 0.3 is 0 Å². The second-order valence-corrected chi connectivity index (χ2v) is 7.73. The Morgan fingerprint density at radius 1 is 0.971 bits per heavy atom. The van der Waals surface area contributed by atoms with Crippen LogP contribution in [0.3, 0.4) is 0 Å². The van der Waals surface area contributed by atoms with Crippen molar-refractivity contribution in [3.63, 3.8) is 0 Å². The van der Waals surface area contributed by atoms with Crippen LogP contribution in [0.15, 0.2) is 67.4 Å². The number of halogens is 1. The Morgan fingerprint density at radius 2 is 1.71 bits per heavy atom. The van der Waals surface area contributed by atoms with Crippen molar-refractivity contribution in [3.8, 4) is 28.4 Å². The molecule has 0 spiro atoms. The number of nitrogens with zero attached hydrogens (tertiary/aromatic N) is 5. The Balaban J connectivity index is 1.35. The first-order valence-corrected chi connectivity index (χ1v) is 10.5. The lowest BCUT2D eigenvalue weighted by molar-refractivity contribution is 0.284. The number of hydrogen-bond donors (Lipinski definition) is 1. The molecule has 0 aliphatic carbocycles. The zero-order valence-electron chi connectivity index (χ0n) is 18.6. The first kappa shape index (κ1) is 21.3. The van der Waals surface area contributed by atoms with Crippen molar-refractivity contribution in [2.24, 2.45) is 7.05 Å². The lowest BCUT2D eigenvalue weighted by Gasteiger charge is -2.11. The van der Waals surface area contributed by atoms with E-state index in [1.807, 2.05) is 29.9 Å². The smallest absolute Gasteiger partial charge is 0.207 e. The summed E-state index contributed by atoms with van der Waals surface area (Å²) >= 11 is 0. The summed E-state index contributed by atoms with van der Waals surface area (Å²) in [4.78, 5) is 16.6. The monoisotopic (exact) mass is 456 g/mol. The molecule has 0 unspecified atom stereocenters. The molecule has 2 aromatic carbocycles. The van der Waals surface area contributed by atoms with Gasteiger partial charge in [-0.25, -0.2) is 19.9 Å². The number of rotatable bonds is 6. The normalized spacial score (nSPS) is 11.0. The molecule has 9 heteroatoms. The molecule has 5 aromatic rings. The molecule has 0 aliphatic heterocycles. The maximum atomic E-state index is 15.0. The molecule has 3 aromatic heterocycles. The molecule has 0 bridgehead atoms. The van der Waals surface area contributed by atoms with Crippen LogP contribution in [-0.4, -0.2) is 24.5 Å². The van der Waals surface area contributed by atoms with Crippen molar-refractivity contribution >= 4 is 16.9 Å². The highest BCUT2D eigenvalue weighted by molar-refractivity contribution is 6.00. The summed E-state index contributed by atoms with van der Waals surface area (Å²) in [7, 11) is 1.90. The highest BCUT2D eigenvalue weighted by Crippen LogP contribution is 2.35. The highest BCUT2D eigenvalue weighted by Gasteiger charge is 2.15. The second-order valence-electron chi connectivity index (χ2n) is 7.73. The largest absolute Gasteiger partial charge is 0.486 e. The van der Waals surface area contributed by atoms with E-state index < -0.39 is 5.82 Å². The van der Waals surface area contributed by atoms with E-state index >= 15 is 0 Å². The summed E-state index contributed by atoms with van der Waals surface area (Å²) in [5.74, 6) is 1.12. The zero-order valence-corrected chi connectivity index (χ0v) is 18.6. The molecule has 170 valence electrons. The molecule has 0 amide bonds. The van der Waals surface area contributed by atoms with Crippen LogP contribution in [0.1, 0.15) is 11.4 Å². The summed E-state index contributed by atoms with van der Waals surface area (Å²) in [6, 6.07) is 12.1. The zero-order chi connectivity index (χ0) is 23.7. The Morgan fingerprint density at radius 3 is 2.47 bits per heavy atom. The number of hydrogen-bond acceptors (Lipinski definition) is 7. The average molecular weight is 456 g/mol. The number of anilines is 1. The number of nitrogen functional groups attached to an aromatic ring is 1. The number of ether oxygens (including phenoxy) is 2. The van der Waals surface area contributed by atoms with Crippen LogP contribution >= 0.6 is 0 Å². The van der Waals surface area contributed by atoms with Crippen LogP contribution in [0.5, 0.6) is 17.2 Å². The second kappa shape index (κ2) is 8.78. The van der Waals surface area contributed by atoms with Crippen molar-refractivity contribution in [1.82, 2.24) is 24.5 Å². The predicted octanol–water partition coefficient (Wildman–Crippen LogP) is 4.83. The number of fused-ring (bicyclic) bond motifs is 1.